The van der Waals surface area contributed by atoms with E-state index < -0.39 is 5.60 Å². The molecule has 3 aliphatic rings. The predicted octanol–water partition coefficient (Wildman–Crippen LogP) is 4.98. The summed E-state index contributed by atoms with van der Waals surface area (Å²) in [6, 6.07) is 15.6. The number of pyridine rings is 1. The number of aromatic nitrogens is 1. The normalized spacial score (nSPS) is 24.3. The van der Waals surface area contributed by atoms with Crippen molar-refractivity contribution in [3.8, 4) is 5.88 Å². The van der Waals surface area contributed by atoms with Crippen molar-refractivity contribution >= 4 is 5.97 Å². The summed E-state index contributed by atoms with van der Waals surface area (Å²) >= 11 is 0. The molecule has 0 amide bonds. The number of rotatable bonds is 10. The van der Waals surface area contributed by atoms with Crippen LogP contribution in [0.1, 0.15) is 69.9 Å². The molecule has 2 atom stereocenters. The lowest BCUT2D eigenvalue weighted by atomic mass is 9.73. The van der Waals surface area contributed by atoms with Gasteiger partial charge in [0.2, 0.25) is 5.88 Å². The third-order valence-electron chi connectivity index (χ3n) is 8.47. The molecule has 2 aliphatic carbocycles. The van der Waals surface area contributed by atoms with Gasteiger partial charge in [-0.2, -0.15) is 0 Å². The Balaban J connectivity index is 1.22. The Morgan fingerprint density at radius 3 is 2.41 bits per heavy atom. The second kappa shape index (κ2) is 10.4. The van der Waals surface area contributed by atoms with Crippen LogP contribution < -0.4 is 10.1 Å². The van der Waals surface area contributed by atoms with Crippen molar-refractivity contribution in [1.82, 2.24) is 15.2 Å². The van der Waals surface area contributed by atoms with E-state index in [-0.39, 0.29) is 16.8 Å². The van der Waals surface area contributed by atoms with Crippen LogP contribution in [0.3, 0.4) is 0 Å². The molecule has 6 nitrogen and oxygen atoms in total. The maximum Gasteiger partial charge on any atom is 0.313 e. The quantitative estimate of drug-likeness (QED) is 0.460. The van der Waals surface area contributed by atoms with Gasteiger partial charge in [-0.3, -0.25) is 4.79 Å². The summed E-state index contributed by atoms with van der Waals surface area (Å²) < 4.78 is 11.0. The summed E-state index contributed by atoms with van der Waals surface area (Å²) in [5, 5.41) is 3.94. The molecule has 3 fully saturated rings. The number of carbonyl (C=O) groups is 1. The van der Waals surface area contributed by atoms with Gasteiger partial charge in [-0.05, 0) is 88.9 Å². The molecule has 0 radical (unpaired) electrons. The molecule has 37 heavy (non-hydrogen) atoms. The van der Waals surface area contributed by atoms with Crippen molar-refractivity contribution in [3.63, 3.8) is 0 Å². The van der Waals surface area contributed by atoms with Crippen molar-refractivity contribution in [2.75, 3.05) is 33.3 Å². The standard InChI is InChI=1S/C31H43N3O3/c1-29(2,3)37-28(35)31(12-13-31)22-34-16-14-30(15-17-34,19-23-10-11-27(36-4)32-20-23)21-33-26-18-25(26)24-8-6-5-7-9-24/h5-11,20,25-26,33H,12-19,21-22H2,1-4H3/t25-,26+/m0/s1. The van der Waals surface area contributed by atoms with E-state index in [9.17, 15) is 4.79 Å². The summed E-state index contributed by atoms with van der Waals surface area (Å²) in [4.78, 5) is 19.9. The fourth-order valence-electron chi connectivity index (χ4n) is 5.90. The zero-order valence-electron chi connectivity index (χ0n) is 23.0. The van der Waals surface area contributed by atoms with Gasteiger partial charge >= 0.3 is 5.97 Å². The minimum atomic E-state index is -0.428. The summed E-state index contributed by atoms with van der Waals surface area (Å²) in [5.74, 6) is 1.28. The molecule has 1 aromatic heterocycles. The first-order valence-electron chi connectivity index (χ1n) is 13.9. The van der Waals surface area contributed by atoms with Gasteiger partial charge in [0, 0.05) is 37.3 Å². The Morgan fingerprint density at radius 2 is 1.81 bits per heavy atom. The SMILES string of the molecule is COc1ccc(CC2(CN[C@@H]3C[C@H]3c3ccccc3)CCN(CC3(C(=O)OC(C)(C)C)CC3)CC2)cn1. The number of hydrogen-bond donors (Lipinski definition) is 1. The van der Waals surface area contributed by atoms with Crippen molar-refractivity contribution in [2.24, 2.45) is 10.8 Å². The first-order chi connectivity index (χ1) is 17.7. The van der Waals surface area contributed by atoms with Gasteiger partial charge in [0.05, 0.1) is 12.5 Å². The van der Waals surface area contributed by atoms with Gasteiger partial charge in [0.25, 0.3) is 0 Å². The zero-order valence-corrected chi connectivity index (χ0v) is 23.0. The number of hydrogen-bond acceptors (Lipinski definition) is 6. The molecule has 0 bridgehead atoms. The van der Waals surface area contributed by atoms with Crippen LogP contribution >= 0.6 is 0 Å². The first-order valence-corrected chi connectivity index (χ1v) is 13.9. The largest absolute Gasteiger partial charge is 0.481 e. The number of ether oxygens (including phenoxy) is 2. The van der Waals surface area contributed by atoms with E-state index in [4.69, 9.17) is 9.47 Å². The van der Waals surface area contributed by atoms with Crippen molar-refractivity contribution < 1.29 is 14.3 Å². The van der Waals surface area contributed by atoms with Crippen LogP contribution in [0.2, 0.25) is 0 Å². The monoisotopic (exact) mass is 505 g/mol. The van der Waals surface area contributed by atoms with Crippen LogP contribution in [0.15, 0.2) is 48.7 Å². The van der Waals surface area contributed by atoms with Gasteiger partial charge in [-0.1, -0.05) is 36.4 Å². The maximum absolute atomic E-state index is 12.9. The van der Waals surface area contributed by atoms with Crippen LogP contribution in [-0.4, -0.2) is 60.8 Å². The number of carbonyl (C=O) groups excluding carboxylic acids is 1. The molecule has 6 heteroatoms. The summed E-state index contributed by atoms with van der Waals surface area (Å²) in [7, 11) is 1.66. The number of esters is 1. The lowest BCUT2D eigenvalue weighted by molar-refractivity contribution is -0.162. The Labute approximate surface area is 222 Å². The molecular weight excluding hydrogens is 462 g/mol. The minimum absolute atomic E-state index is 0.0107. The third-order valence-corrected chi connectivity index (χ3v) is 8.47. The summed E-state index contributed by atoms with van der Waals surface area (Å²) in [6.45, 7) is 9.75. The number of methoxy groups -OCH3 is 1. The molecule has 1 aliphatic heterocycles. The van der Waals surface area contributed by atoms with Crippen LogP contribution in [0.25, 0.3) is 0 Å². The molecule has 1 N–H and O–H groups in total. The van der Waals surface area contributed by atoms with E-state index in [1.807, 2.05) is 33.0 Å². The van der Waals surface area contributed by atoms with E-state index in [1.165, 1.54) is 17.5 Å². The molecule has 2 heterocycles. The fraction of sp³-hybridized carbons (Fsp3) is 0.613. The maximum atomic E-state index is 12.9. The predicted molar refractivity (Wildman–Crippen MR) is 146 cm³/mol. The van der Waals surface area contributed by atoms with Gasteiger partial charge in [0.15, 0.2) is 0 Å². The number of benzene rings is 1. The van der Waals surface area contributed by atoms with Crippen LogP contribution in [0, 0.1) is 10.8 Å². The second-order valence-electron chi connectivity index (χ2n) is 12.7. The Morgan fingerprint density at radius 1 is 1.08 bits per heavy atom. The van der Waals surface area contributed by atoms with E-state index in [0.29, 0.717) is 17.8 Å². The van der Waals surface area contributed by atoms with Crippen molar-refractivity contribution in [1.29, 1.82) is 0 Å². The molecule has 1 aromatic carbocycles. The van der Waals surface area contributed by atoms with E-state index in [1.54, 1.807) is 7.11 Å². The average Bonchev–Trinajstić information content (AvgIpc) is 3.81. The minimum Gasteiger partial charge on any atom is -0.481 e. The summed E-state index contributed by atoms with van der Waals surface area (Å²) in [5.41, 5.74) is 2.17. The molecule has 2 saturated carbocycles. The number of piperidine rings is 1. The number of nitrogens with one attached hydrogen (secondary N) is 1. The first kappa shape index (κ1) is 26.2. The topological polar surface area (TPSA) is 63.7 Å². The third kappa shape index (κ3) is 6.53. The Bertz CT molecular complexity index is 1050. The highest BCUT2D eigenvalue weighted by Crippen LogP contribution is 2.49. The lowest BCUT2D eigenvalue weighted by Gasteiger charge is -2.43. The van der Waals surface area contributed by atoms with E-state index in [2.05, 4.69) is 51.6 Å². The zero-order chi connectivity index (χ0) is 26.1. The van der Waals surface area contributed by atoms with Gasteiger partial charge in [-0.15, -0.1) is 0 Å². The average molecular weight is 506 g/mol. The highest BCUT2D eigenvalue weighted by atomic mass is 16.6. The molecule has 0 spiro atoms. The second-order valence-corrected chi connectivity index (χ2v) is 12.7. The summed E-state index contributed by atoms with van der Waals surface area (Å²) in [6.07, 6.45) is 8.31. The van der Waals surface area contributed by atoms with E-state index in [0.717, 1.165) is 58.3 Å². The fourth-order valence-corrected chi connectivity index (χ4v) is 5.90. The van der Waals surface area contributed by atoms with Crippen LogP contribution in [0.4, 0.5) is 0 Å². The van der Waals surface area contributed by atoms with Crippen LogP contribution in [0.5, 0.6) is 5.88 Å². The molecule has 5 rings (SSSR count). The smallest absolute Gasteiger partial charge is 0.313 e. The van der Waals surface area contributed by atoms with Gasteiger partial charge < -0.3 is 19.7 Å². The van der Waals surface area contributed by atoms with Crippen LogP contribution in [-0.2, 0) is 16.0 Å². The number of nitrogens with zero attached hydrogens (tertiary/aromatic N) is 2. The molecule has 2 aromatic rings. The highest BCUT2D eigenvalue weighted by molar-refractivity contribution is 5.80. The molecule has 1 saturated heterocycles. The van der Waals surface area contributed by atoms with Crippen molar-refractivity contribution in [2.45, 2.75) is 76.9 Å². The molecule has 200 valence electrons. The van der Waals surface area contributed by atoms with Gasteiger partial charge in [0.1, 0.15) is 5.60 Å². The molecule has 0 unspecified atom stereocenters. The highest BCUT2D eigenvalue weighted by Gasteiger charge is 2.53. The molecular formula is C31H43N3O3. The lowest BCUT2D eigenvalue weighted by Crippen LogP contribution is -2.49. The number of likely N-dealkylation sites (tertiary alicyclic amines) is 1. The Kier molecular flexibility index (Phi) is 7.34. The van der Waals surface area contributed by atoms with Gasteiger partial charge in [-0.25, -0.2) is 4.98 Å². The Hall–Kier alpha value is -2.44. The van der Waals surface area contributed by atoms with E-state index >= 15 is 0 Å². The van der Waals surface area contributed by atoms with Crippen molar-refractivity contribution in [3.05, 3.63) is 59.8 Å².